The number of fused-ring (bicyclic) bond motifs is 1. The van der Waals surface area contributed by atoms with Crippen LogP contribution in [0.3, 0.4) is 0 Å². The van der Waals surface area contributed by atoms with Gasteiger partial charge >= 0.3 is 0 Å². The third-order valence-corrected chi connectivity index (χ3v) is 3.62. The zero-order chi connectivity index (χ0) is 14.3. The monoisotopic (exact) mass is 264 g/mol. The summed E-state index contributed by atoms with van der Waals surface area (Å²) in [5, 5.41) is 0. The van der Waals surface area contributed by atoms with Gasteiger partial charge in [-0.1, -0.05) is 29.8 Å². The maximum atomic E-state index is 11.5. The fourth-order valence-electron chi connectivity index (χ4n) is 2.67. The van der Waals surface area contributed by atoms with E-state index < -0.39 is 0 Å². The van der Waals surface area contributed by atoms with Gasteiger partial charge in [0.2, 0.25) is 0 Å². The highest BCUT2D eigenvalue weighted by molar-refractivity contribution is 5.87. The van der Waals surface area contributed by atoms with E-state index in [4.69, 9.17) is 0 Å². The standard InChI is InChI=1S/C17H16N2O/c1-11-7-8-14(12(2)9-11)17-15(10-20)19-13(3)5-4-6-16(19)18-17/h4-10H,1-3H3. The van der Waals surface area contributed by atoms with Gasteiger partial charge < -0.3 is 0 Å². The quantitative estimate of drug-likeness (QED) is 0.661. The first-order valence-corrected chi connectivity index (χ1v) is 6.62. The highest BCUT2D eigenvalue weighted by Crippen LogP contribution is 2.27. The third kappa shape index (κ3) is 1.83. The summed E-state index contributed by atoms with van der Waals surface area (Å²) in [6, 6.07) is 12.1. The van der Waals surface area contributed by atoms with Crippen molar-refractivity contribution in [2.24, 2.45) is 0 Å². The molecule has 100 valence electrons. The van der Waals surface area contributed by atoms with Gasteiger partial charge in [0.25, 0.3) is 0 Å². The number of rotatable bonds is 2. The Labute approximate surface area is 117 Å². The number of benzene rings is 1. The summed E-state index contributed by atoms with van der Waals surface area (Å²) in [6.45, 7) is 6.09. The zero-order valence-corrected chi connectivity index (χ0v) is 11.8. The molecule has 3 heteroatoms. The van der Waals surface area contributed by atoms with E-state index in [2.05, 4.69) is 18.0 Å². The molecule has 0 saturated carbocycles. The molecule has 0 fully saturated rings. The van der Waals surface area contributed by atoms with Crippen LogP contribution in [0.4, 0.5) is 0 Å². The topological polar surface area (TPSA) is 34.4 Å². The molecule has 0 bridgehead atoms. The van der Waals surface area contributed by atoms with Crippen molar-refractivity contribution in [2.45, 2.75) is 20.8 Å². The van der Waals surface area contributed by atoms with Crippen LogP contribution < -0.4 is 0 Å². The molecule has 1 aromatic carbocycles. The number of hydrogen-bond donors (Lipinski definition) is 0. The number of aromatic nitrogens is 2. The second-order valence-corrected chi connectivity index (χ2v) is 5.14. The average molecular weight is 264 g/mol. The molecule has 0 atom stereocenters. The Balaban J connectivity index is 2.36. The molecule has 0 amide bonds. The minimum absolute atomic E-state index is 0.616. The van der Waals surface area contributed by atoms with Crippen molar-refractivity contribution >= 4 is 11.9 Å². The molecule has 0 radical (unpaired) electrons. The Morgan fingerprint density at radius 2 is 1.90 bits per heavy atom. The summed E-state index contributed by atoms with van der Waals surface area (Å²) in [7, 11) is 0. The molecular weight excluding hydrogens is 248 g/mol. The average Bonchev–Trinajstić information content (AvgIpc) is 2.78. The van der Waals surface area contributed by atoms with Crippen LogP contribution in [0, 0.1) is 20.8 Å². The van der Waals surface area contributed by atoms with E-state index in [9.17, 15) is 4.79 Å². The maximum Gasteiger partial charge on any atom is 0.169 e. The molecule has 2 heterocycles. The normalized spacial score (nSPS) is 10.9. The number of aryl methyl sites for hydroxylation is 3. The van der Waals surface area contributed by atoms with E-state index >= 15 is 0 Å². The summed E-state index contributed by atoms with van der Waals surface area (Å²) in [4.78, 5) is 16.2. The molecule has 0 saturated heterocycles. The van der Waals surface area contributed by atoms with Gasteiger partial charge in [-0.15, -0.1) is 0 Å². The number of hydrogen-bond acceptors (Lipinski definition) is 2. The highest BCUT2D eigenvalue weighted by Gasteiger charge is 2.15. The summed E-state index contributed by atoms with van der Waals surface area (Å²) in [5.41, 5.74) is 6.54. The molecule has 0 unspecified atom stereocenters. The van der Waals surface area contributed by atoms with Crippen molar-refractivity contribution < 1.29 is 4.79 Å². The number of pyridine rings is 1. The minimum Gasteiger partial charge on any atom is -0.296 e. The van der Waals surface area contributed by atoms with E-state index in [1.807, 2.05) is 48.6 Å². The number of carbonyl (C=O) groups excluding carboxylic acids is 1. The van der Waals surface area contributed by atoms with E-state index in [0.29, 0.717) is 5.69 Å². The van der Waals surface area contributed by atoms with Crippen molar-refractivity contribution in [1.82, 2.24) is 9.38 Å². The first-order valence-electron chi connectivity index (χ1n) is 6.62. The van der Waals surface area contributed by atoms with Gasteiger partial charge in [-0.2, -0.15) is 0 Å². The molecule has 0 aliphatic heterocycles. The lowest BCUT2D eigenvalue weighted by molar-refractivity contribution is 0.111. The van der Waals surface area contributed by atoms with Gasteiger partial charge in [0, 0.05) is 11.3 Å². The Hall–Kier alpha value is -2.42. The van der Waals surface area contributed by atoms with Gasteiger partial charge in [-0.25, -0.2) is 4.98 Å². The van der Waals surface area contributed by atoms with Crippen LogP contribution in [0.2, 0.25) is 0 Å². The molecule has 0 spiro atoms. The predicted molar refractivity (Wildman–Crippen MR) is 80.2 cm³/mol. The van der Waals surface area contributed by atoms with Crippen LogP contribution in [-0.4, -0.2) is 15.7 Å². The Bertz CT molecular complexity index is 815. The molecule has 0 aliphatic rings. The van der Waals surface area contributed by atoms with Crippen molar-refractivity contribution in [2.75, 3.05) is 0 Å². The molecular formula is C17H16N2O. The van der Waals surface area contributed by atoms with Gasteiger partial charge in [-0.05, 0) is 38.5 Å². The Morgan fingerprint density at radius 3 is 2.60 bits per heavy atom. The van der Waals surface area contributed by atoms with Crippen molar-refractivity contribution in [3.05, 3.63) is 58.9 Å². The van der Waals surface area contributed by atoms with Gasteiger partial charge in [-0.3, -0.25) is 9.20 Å². The smallest absolute Gasteiger partial charge is 0.169 e. The van der Waals surface area contributed by atoms with Crippen LogP contribution in [0.25, 0.3) is 16.9 Å². The lowest BCUT2D eigenvalue weighted by Crippen LogP contribution is -1.97. The maximum absolute atomic E-state index is 11.5. The number of imidazole rings is 1. The van der Waals surface area contributed by atoms with Crippen LogP contribution in [-0.2, 0) is 0 Å². The van der Waals surface area contributed by atoms with Crippen LogP contribution in [0.1, 0.15) is 27.3 Å². The van der Waals surface area contributed by atoms with Crippen LogP contribution in [0.5, 0.6) is 0 Å². The van der Waals surface area contributed by atoms with Crippen molar-refractivity contribution in [1.29, 1.82) is 0 Å². The Morgan fingerprint density at radius 1 is 1.10 bits per heavy atom. The van der Waals surface area contributed by atoms with Crippen LogP contribution in [0.15, 0.2) is 36.4 Å². The van der Waals surface area contributed by atoms with E-state index in [1.165, 1.54) is 5.56 Å². The van der Waals surface area contributed by atoms with Crippen molar-refractivity contribution in [3.63, 3.8) is 0 Å². The molecule has 2 aromatic heterocycles. The fraction of sp³-hybridized carbons (Fsp3) is 0.176. The number of carbonyl (C=O) groups is 1. The molecule has 0 aliphatic carbocycles. The molecule has 3 nitrogen and oxygen atoms in total. The molecule has 3 aromatic rings. The largest absolute Gasteiger partial charge is 0.296 e. The van der Waals surface area contributed by atoms with Gasteiger partial charge in [0.05, 0.1) is 0 Å². The Kier molecular flexibility index (Phi) is 2.90. The molecule has 0 N–H and O–H groups in total. The summed E-state index contributed by atoms with van der Waals surface area (Å²) >= 11 is 0. The van der Waals surface area contributed by atoms with Crippen LogP contribution >= 0.6 is 0 Å². The lowest BCUT2D eigenvalue weighted by Gasteiger charge is -2.05. The fourth-order valence-corrected chi connectivity index (χ4v) is 2.67. The highest BCUT2D eigenvalue weighted by atomic mass is 16.1. The third-order valence-electron chi connectivity index (χ3n) is 3.62. The molecule has 3 rings (SSSR count). The predicted octanol–water partition coefficient (Wildman–Crippen LogP) is 3.74. The first kappa shape index (κ1) is 12.6. The van der Waals surface area contributed by atoms with Gasteiger partial charge in [0.1, 0.15) is 17.0 Å². The number of nitrogens with zero attached hydrogens (tertiary/aromatic N) is 2. The SMILES string of the molecule is Cc1ccc(-c2nc3cccc(C)n3c2C=O)c(C)c1. The van der Waals surface area contributed by atoms with E-state index in [-0.39, 0.29) is 0 Å². The summed E-state index contributed by atoms with van der Waals surface area (Å²) in [5.74, 6) is 0. The summed E-state index contributed by atoms with van der Waals surface area (Å²) in [6.07, 6.45) is 0.891. The van der Waals surface area contributed by atoms with E-state index in [0.717, 1.165) is 34.4 Å². The van der Waals surface area contributed by atoms with E-state index in [1.54, 1.807) is 0 Å². The summed E-state index contributed by atoms with van der Waals surface area (Å²) < 4.78 is 1.90. The first-order chi connectivity index (χ1) is 9.61. The second-order valence-electron chi connectivity index (χ2n) is 5.14. The second kappa shape index (κ2) is 4.60. The van der Waals surface area contributed by atoms with Crippen molar-refractivity contribution in [3.8, 4) is 11.3 Å². The van der Waals surface area contributed by atoms with Gasteiger partial charge in [0.15, 0.2) is 6.29 Å². The molecule has 20 heavy (non-hydrogen) atoms. The zero-order valence-electron chi connectivity index (χ0n) is 11.8. The lowest BCUT2D eigenvalue weighted by atomic mass is 10.0. The number of aldehydes is 1. The minimum atomic E-state index is 0.616.